The molecule has 2 atom stereocenters. The van der Waals surface area contributed by atoms with E-state index in [0.717, 1.165) is 6.29 Å². The highest BCUT2D eigenvalue weighted by atomic mass is 16.6. The first-order valence-corrected chi connectivity index (χ1v) is 6.71. The second kappa shape index (κ2) is 5.48. The Morgan fingerprint density at radius 1 is 1.27 bits per heavy atom. The maximum Gasteiger partial charge on any atom is 0.303 e. The third-order valence-electron chi connectivity index (χ3n) is 3.48. The summed E-state index contributed by atoms with van der Waals surface area (Å²) in [6.07, 6.45) is 1.33. The number of carbonyl (C=O) groups is 3. The molecule has 2 heterocycles. The number of esters is 1. The predicted octanol–water partition coefficient (Wildman–Crippen LogP) is 2.11. The maximum absolute atomic E-state index is 12.3. The average Bonchev–Trinajstić information content (AvgIpc) is 3.03. The van der Waals surface area contributed by atoms with E-state index in [0.29, 0.717) is 17.0 Å². The maximum atomic E-state index is 12.3. The van der Waals surface area contributed by atoms with Crippen LogP contribution in [-0.2, 0) is 14.3 Å². The molecule has 1 aliphatic rings. The van der Waals surface area contributed by atoms with Crippen LogP contribution in [0.2, 0.25) is 0 Å². The Kier molecular flexibility index (Phi) is 3.50. The van der Waals surface area contributed by atoms with Crippen LogP contribution in [0.4, 0.5) is 5.69 Å². The van der Waals surface area contributed by atoms with Gasteiger partial charge >= 0.3 is 5.97 Å². The molecule has 0 spiro atoms. The summed E-state index contributed by atoms with van der Waals surface area (Å²) in [5.74, 6) is -0.313. The minimum atomic E-state index is -0.894. The molecular formula is C16H13NO5. The molecule has 22 heavy (non-hydrogen) atoms. The van der Waals surface area contributed by atoms with Crippen LogP contribution < -0.4 is 4.90 Å². The van der Waals surface area contributed by atoms with E-state index in [1.54, 1.807) is 36.4 Å². The molecule has 0 radical (unpaired) electrons. The molecule has 112 valence electrons. The minimum Gasteiger partial charge on any atom is -0.467 e. The Morgan fingerprint density at radius 3 is 2.55 bits per heavy atom. The van der Waals surface area contributed by atoms with Gasteiger partial charge in [-0.25, -0.2) is 0 Å². The molecule has 2 aromatic rings. The molecule has 1 fully saturated rings. The number of hydrogen-bond donors (Lipinski definition) is 0. The first-order valence-electron chi connectivity index (χ1n) is 6.71. The number of aldehydes is 1. The van der Waals surface area contributed by atoms with Crippen molar-refractivity contribution < 1.29 is 23.5 Å². The van der Waals surface area contributed by atoms with Crippen LogP contribution in [0, 0.1) is 0 Å². The Hall–Kier alpha value is -2.89. The smallest absolute Gasteiger partial charge is 0.303 e. The van der Waals surface area contributed by atoms with Gasteiger partial charge in [0.05, 0.1) is 6.26 Å². The van der Waals surface area contributed by atoms with Crippen LogP contribution in [0.3, 0.4) is 0 Å². The van der Waals surface area contributed by atoms with Crippen molar-refractivity contribution in [3.8, 4) is 0 Å². The number of carbonyl (C=O) groups excluding carboxylic acids is 3. The number of ether oxygens (including phenoxy) is 1. The van der Waals surface area contributed by atoms with Crippen molar-refractivity contribution in [2.75, 3.05) is 4.90 Å². The third kappa shape index (κ3) is 2.28. The topological polar surface area (TPSA) is 76.8 Å². The molecule has 0 N–H and O–H groups in total. The summed E-state index contributed by atoms with van der Waals surface area (Å²) >= 11 is 0. The minimum absolute atomic E-state index is 0.324. The Morgan fingerprint density at radius 2 is 2.00 bits per heavy atom. The molecule has 6 nitrogen and oxygen atoms in total. The standard InChI is InChI=1S/C16H13NO5/c1-10(19)22-15-14(13-3-2-8-21-13)17(16(15)20)12-6-4-11(9-18)5-7-12/h2-9,14-15H,1H3/t14-,15+/m0/s1. The molecular weight excluding hydrogens is 286 g/mol. The van der Waals surface area contributed by atoms with E-state index in [9.17, 15) is 14.4 Å². The summed E-state index contributed by atoms with van der Waals surface area (Å²) < 4.78 is 10.4. The molecule has 1 aliphatic heterocycles. The Bertz CT molecular complexity index is 705. The van der Waals surface area contributed by atoms with E-state index in [1.807, 2.05) is 0 Å². The number of furan rings is 1. The average molecular weight is 299 g/mol. The van der Waals surface area contributed by atoms with Gasteiger partial charge in [-0.05, 0) is 36.4 Å². The molecule has 3 rings (SSSR count). The van der Waals surface area contributed by atoms with Gasteiger partial charge in [0.2, 0.25) is 6.10 Å². The van der Waals surface area contributed by atoms with Crippen LogP contribution in [-0.4, -0.2) is 24.3 Å². The van der Waals surface area contributed by atoms with Gasteiger partial charge in [-0.2, -0.15) is 0 Å². The summed E-state index contributed by atoms with van der Waals surface area (Å²) in [7, 11) is 0. The molecule has 0 saturated carbocycles. The number of anilines is 1. The highest BCUT2D eigenvalue weighted by Gasteiger charge is 2.53. The molecule has 1 saturated heterocycles. The fourth-order valence-electron chi connectivity index (χ4n) is 2.49. The van der Waals surface area contributed by atoms with Crippen molar-refractivity contribution in [2.45, 2.75) is 19.1 Å². The van der Waals surface area contributed by atoms with Crippen LogP contribution in [0.1, 0.15) is 29.1 Å². The van der Waals surface area contributed by atoms with E-state index in [1.165, 1.54) is 18.1 Å². The SMILES string of the molecule is CC(=O)O[C@H]1C(=O)N(c2ccc(C=O)cc2)[C@H]1c1ccco1. The Balaban J connectivity index is 1.93. The molecule has 0 aliphatic carbocycles. The van der Waals surface area contributed by atoms with Crippen LogP contribution in [0.25, 0.3) is 0 Å². The number of amides is 1. The van der Waals surface area contributed by atoms with Gasteiger partial charge in [-0.1, -0.05) is 0 Å². The van der Waals surface area contributed by atoms with E-state index in [2.05, 4.69) is 0 Å². The molecule has 6 heteroatoms. The van der Waals surface area contributed by atoms with Gasteiger partial charge < -0.3 is 9.15 Å². The molecule has 0 bridgehead atoms. The van der Waals surface area contributed by atoms with Crippen molar-refractivity contribution >= 4 is 23.9 Å². The van der Waals surface area contributed by atoms with E-state index >= 15 is 0 Å². The fourth-order valence-corrected chi connectivity index (χ4v) is 2.49. The molecule has 1 aromatic heterocycles. The third-order valence-corrected chi connectivity index (χ3v) is 3.48. The van der Waals surface area contributed by atoms with Gasteiger partial charge in [0.1, 0.15) is 18.1 Å². The highest BCUT2D eigenvalue weighted by molar-refractivity contribution is 6.05. The monoisotopic (exact) mass is 299 g/mol. The first kappa shape index (κ1) is 14.1. The van der Waals surface area contributed by atoms with Gasteiger partial charge in [-0.3, -0.25) is 19.3 Å². The van der Waals surface area contributed by atoms with Crippen LogP contribution >= 0.6 is 0 Å². The summed E-state index contributed by atoms with van der Waals surface area (Å²) in [5.41, 5.74) is 1.13. The number of rotatable bonds is 4. The van der Waals surface area contributed by atoms with E-state index < -0.39 is 18.1 Å². The second-order valence-electron chi connectivity index (χ2n) is 4.91. The lowest BCUT2D eigenvalue weighted by atomic mass is 9.94. The van der Waals surface area contributed by atoms with Crippen molar-refractivity contribution in [3.63, 3.8) is 0 Å². The zero-order valence-corrected chi connectivity index (χ0v) is 11.8. The quantitative estimate of drug-likeness (QED) is 0.491. The van der Waals surface area contributed by atoms with E-state index in [4.69, 9.17) is 9.15 Å². The predicted molar refractivity (Wildman–Crippen MR) is 76.3 cm³/mol. The number of hydrogen-bond acceptors (Lipinski definition) is 5. The lowest BCUT2D eigenvalue weighted by Crippen LogP contribution is -2.60. The fraction of sp³-hybridized carbons (Fsp3) is 0.188. The Labute approximate surface area is 126 Å². The second-order valence-corrected chi connectivity index (χ2v) is 4.91. The largest absolute Gasteiger partial charge is 0.467 e. The summed E-state index contributed by atoms with van der Waals surface area (Å²) in [6.45, 7) is 1.26. The lowest BCUT2D eigenvalue weighted by molar-refractivity contribution is -0.161. The highest BCUT2D eigenvalue weighted by Crippen LogP contribution is 2.41. The number of β-lactam (4-membered cyclic amide) rings is 1. The van der Waals surface area contributed by atoms with Gasteiger partial charge in [0, 0.05) is 18.2 Å². The first-order chi connectivity index (χ1) is 10.6. The van der Waals surface area contributed by atoms with Gasteiger partial charge in [-0.15, -0.1) is 0 Å². The van der Waals surface area contributed by atoms with Crippen LogP contribution in [0.5, 0.6) is 0 Å². The summed E-state index contributed by atoms with van der Waals surface area (Å²) in [5, 5.41) is 0. The van der Waals surface area contributed by atoms with Crippen molar-refractivity contribution in [1.82, 2.24) is 0 Å². The van der Waals surface area contributed by atoms with Crippen molar-refractivity contribution in [1.29, 1.82) is 0 Å². The van der Waals surface area contributed by atoms with Crippen LogP contribution in [0.15, 0.2) is 47.1 Å². The van der Waals surface area contributed by atoms with Crippen molar-refractivity contribution in [2.24, 2.45) is 0 Å². The zero-order chi connectivity index (χ0) is 15.7. The molecule has 0 unspecified atom stereocenters. The summed E-state index contributed by atoms with van der Waals surface area (Å²) in [4.78, 5) is 35.7. The molecule has 1 aromatic carbocycles. The van der Waals surface area contributed by atoms with Crippen molar-refractivity contribution in [3.05, 3.63) is 54.0 Å². The lowest BCUT2D eigenvalue weighted by Gasteiger charge is -2.44. The summed E-state index contributed by atoms with van der Waals surface area (Å²) in [6, 6.07) is 9.50. The van der Waals surface area contributed by atoms with E-state index in [-0.39, 0.29) is 5.91 Å². The van der Waals surface area contributed by atoms with Gasteiger partial charge in [0.25, 0.3) is 5.91 Å². The molecule has 1 amide bonds. The normalized spacial score (nSPS) is 20.4. The zero-order valence-electron chi connectivity index (χ0n) is 11.8. The van der Waals surface area contributed by atoms with Gasteiger partial charge in [0.15, 0.2) is 0 Å². The number of nitrogens with zero attached hydrogens (tertiary/aromatic N) is 1. The number of benzene rings is 1.